The summed E-state index contributed by atoms with van der Waals surface area (Å²) in [6, 6.07) is 7.04. The lowest BCUT2D eigenvalue weighted by molar-refractivity contribution is -0.136. The van der Waals surface area contributed by atoms with Crippen LogP contribution in [0.4, 0.5) is 0 Å². The Morgan fingerprint density at radius 2 is 1.53 bits per heavy atom. The van der Waals surface area contributed by atoms with Crippen LogP contribution in [-0.4, -0.2) is 52.4 Å². The summed E-state index contributed by atoms with van der Waals surface area (Å²) >= 11 is 3.36. The van der Waals surface area contributed by atoms with Crippen LogP contribution in [0.25, 0.3) is 0 Å². The standard InChI is InChI=1S/C28H30BrNO8/c1-13-23(28(33)38-6)24(16-7-17(29)26(32)20(12-16)34-2)25-18(30-13)8-14(9-19(25)31)15-10-21(35-3)27(37-5)22(11-15)36-4/h7,10-12,14,24,30,32H,8-9H2,1-6H3/t14-,24-/m1/s1. The van der Waals surface area contributed by atoms with Crippen molar-refractivity contribution in [2.24, 2.45) is 0 Å². The van der Waals surface area contributed by atoms with Gasteiger partial charge < -0.3 is 34.1 Å². The summed E-state index contributed by atoms with van der Waals surface area (Å²) in [4.78, 5) is 26.8. The zero-order valence-electron chi connectivity index (χ0n) is 22.1. The molecule has 0 radical (unpaired) electrons. The van der Waals surface area contributed by atoms with E-state index in [1.165, 1.54) is 21.3 Å². The van der Waals surface area contributed by atoms with Gasteiger partial charge in [0.15, 0.2) is 28.8 Å². The summed E-state index contributed by atoms with van der Waals surface area (Å²) in [6.07, 6.45) is 0.720. The van der Waals surface area contributed by atoms with E-state index in [0.717, 1.165) is 11.3 Å². The van der Waals surface area contributed by atoms with Gasteiger partial charge in [0.1, 0.15) is 0 Å². The molecule has 0 aromatic heterocycles. The van der Waals surface area contributed by atoms with Crippen LogP contribution in [0.2, 0.25) is 0 Å². The second kappa shape index (κ2) is 11.0. The molecular weight excluding hydrogens is 558 g/mol. The van der Waals surface area contributed by atoms with Gasteiger partial charge in [-0.2, -0.15) is 0 Å². The maximum Gasteiger partial charge on any atom is 0.336 e. The van der Waals surface area contributed by atoms with E-state index in [4.69, 9.17) is 23.7 Å². The Balaban J connectivity index is 1.85. The van der Waals surface area contributed by atoms with Crippen molar-refractivity contribution < 1.29 is 38.4 Å². The van der Waals surface area contributed by atoms with Gasteiger partial charge in [-0.3, -0.25) is 4.79 Å². The second-order valence-corrected chi connectivity index (χ2v) is 9.88. The van der Waals surface area contributed by atoms with Gasteiger partial charge in [-0.05, 0) is 70.6 Å². The van der Waals surface area contributed by atoms with E-state index in [2.05, 4.69) is 21.2 Å². The van der Waals surface area contributed by atoms with E-state index in [-0.39, 0.29) is 29.6 Å². The van der Waals surface area contributed by atoms with Crippen LogP contribution in [0, 0.1) is 0 Å². The van der Waals surface area contributed by atoms with Crippen LogP contribution in [-0.2, 0) is 14.3 Å². The van der Waals surface area contributed by atoms with Crippen molar-refractivity contribution in [3.63, 3.8) is 0 Å². The second-order valence-electron chi connectivity index (χ2n) is 9.02. The quantitative estimate of drug-likeness (QED) is 0.444. The number of carbonyl (C=O) groups is 2. The lowest BCUT2D eigenvalue weighted by Crippen LogP contribution is -2.36. The van der Waals surface area contributed by atoms with Crippen molar-refractivity contribution in [2.75, 3.05) is 35.5 Å². The van der Waals surface area contributed by atoms with E-state index in [0.29, 0.717) is 50.5 Å². The third kappa shape index (κ3) is 4.69. The normalized spacial score (nSPS) is 19.0. The molecule has 9 nitrogen and oxygen atoms in total. The highest BCUT2D eigenvalue weighted by atomic mass is 79.9. The molecule has 2 N–H and O–H groups in total. The van der Waals surface area contributed by atoms with Gasteiger partial charge in [0.05, 0.1) is 45.6 Å². The highest BCUT2D eigenvalue weighted by Gasteiger charge is 2.42. The summed E-state index contributed by atoms with van der Waals surface area (Å²) in [5.74, 6) is 0.100. The monoisotopic (exact) mass is 587 g/mol. The molecule has 0 fully saturated rings. The Morgan fingerprint density at radius 3 is 2.08 bits per heavy atom. The largest absolute Gasteiger partial charge is 0.503 e. The molecular formula is C28H30BrNO8. The molecule has 0 amide bonds. The Hall–Kier alpha value is -3.66. The summed E-state index contributed by atoms with van der Waals surface area (Å²) in [6.45, 7) is 1.78. The number of halogens is 1. The zero-order valence-corrected chi connectivity index (χ0v) is 23.6. The van der Waals surface area contributed by atoms with Crippen molar-refractivity contribution in [3.8, 4) is 28.7 Å². The maximum atomic E-state index is 13.8. The summed E-state index contributed by atoms with van der Waals surface area (Å²) in [7, 11) is 7.38. The first-order valence-electron chi connectivity index (χ1n) is 11.9. The minimum atomic E-state index is -0.710. The Kier molecular flexibility index (Phi) is 7.91. The van der Waals surface area contributed by atoms with Gasteiger partial charge in [0.2, 0.25) is 5.75 Å². The number of aromatic hydroxyl groups is 1. The SMILES string of the molecule is COC(=O)C1=C(C)NC2=C(C(=O)C[C@H](c3cc(OC)c(OC)c(OC)c3)C2)[C@@H]1c1cc(Br)c(O)c(OC)c1. The molecule has 2 aromatic rings. The highest BCUT2D eigenvalue weighted by Crippen LogP contribution is 2.49. The van der Waals surface area contributed by atoms with Crippen LogP contribution < -0.4 is 24.3 Å². The summed E-state index contributed by atoms with van der Waals surface area (Å²) in [5.41, 5.74) is 3.59. The fraction of sp³-hybridized carbons (Fsp3) is 0.357. The molecule has 0 spiro atoms. The molecule has 2 aromatic carbocycles. The third-order valence-electron chi connectivity index (χ3n) is 7.00. The number of Topliss-reactive ketones (excluding diaryl/α,β-unsaturated/α-hetero) is 1. The maximum absolute atomic E-state index is 13.8. The number of methoxy groups -OCH3 is 5. The lowest BCUT2D eigenvalue weighted by atomic mass is 9.71. The number of phenols is 1. The molecule has 202 valence electrons. The summed E-state index contributed by atoms with van der Waals surface area (Å²) in [5, 5.41) is 13.7. The molecule has 0 bridgehead atoms. The van der Waals surface area contributed by atoms with Crippen LogP contribution in [0.5, 0.6) is 28.7 Å². The number of carbonyl (C=O) groups excluding carboxylic acids is 2. The molecule has 2 atom stereocenters. The van der Waals surface area contributed by atoms with Crippen LogP contribution >= 0.6 is 15.9 Å². The predicted molar refractivity (Wildman–Crippen MR) is 143 cm³/mol. The first kappa shape index (κ1) is 27.4. The third-order valence-corrected chi connectivity index (χ3v) is 7.60. The number of esters is 1. The zero-order chi connectivity index (χ0) is 27.7. The average Bonchev–Trinajstić information content (AvgIpc) is 2.92. The molecule has 38 heavy (non-hydrogen) atoms. The number of ether oxygens (including phenoxy) is 5. The predicted octanol–water partition coefficient (Wildman–Crippen LogP) is 4.72. The number of rotatable bonds is 7. The fourth-order valence-electron chi connectivity index (χ4n) is 5.24. The van der Waals surface area contributed by atoms with Crippen molar-refractivity contribution in [3.05, 3.63) is 62.4 Å². The number of hydrogen-bond donors (Lipinski definition) is 2. The number of dihydropyridines is 1. The summed E-state index contributed by atoms with van der Waals surface area (Å²) < 4.78 is 27.3. The van der Waals surface area contributed by atoms with Crippen molar-refractivity contribution in [1.82, 2.24) is 5.32 Å². The van der Waals surface area contributed by atoms with Gasteiger partial charge >= 0.3 is 5.97 Å². The number of allylic oxidation sites excluding steroid dienone is 3. The van der Waals surface area contributed by atoms with Crippen molar-refractivity contribution in [2.45, 2.75) is 31.6 Å². The minimum absolute atomic E-state index is 0.0721. The molecule has 1 heterocycles. The molecule has 2 aliphatic rings. The van der Waals surface area contributed by atoms with Crippen LogP contribution in [0.1, 0.15) is 42.7 Å². The Labute approximate surface area is 229 Å². The molecule has 4 rings (SSSR count). The molecule has 0 unspecified atom stereocenters. The molecule has 1 aliphatic heterocycles. The van der Waals surface area contributed by atoms with Gasteiger partial charge in [-0.15, -0.1) is 0 Å². The lowest BCUT2D eigenvalue weighted by Gasteiger charge is -2.37. The number of nitrogens with one attached hydrogen (secondary N) is 1. The molecule has 1 aliphatic carbocycles. The van der Waals surface area contributed by atoms with Crippen LogP contribution in [0.15, 0.2) is 51.3 Å². The average molecular weight is 588 g/mol. The highest BCUT2D eigenvalue weighted by molar-refractivity contribution is 9.10. The first-order chi connectivity index (χ1) is 18.2. The van der Waals surface area contributed by atoms with E-state index in [1.807, 2.05) is 12.1 Å². The number of hydrogen-bond acceptors (Lipinski definition) is 9. The molecule has 0 saturated carbocycles. The Morgan fingerprint density at radius 1 is 0.921 bits per heavy atom. The van der Waals surface area contributed by atoms with E-state index < -0.39 is 11.9 Å². The van der Waals surface area contributed by atoms with E-state index in [1.54, 1.807) is 33.3 Å². The number of benzene rings is 2. The number of ketones is 1. The minimum Gasteiger partial charge on any atom is -0.503 e. The van der Waals surface area contributed by atoms with Gasteiger partial charge in [0.25, 0.3) is 0 Å². The fourth-order valence-corrected chi connectivity index (χ4v) is 5.70. The van der Waals surface area contributed by atoms with Crippen molar-refractivity contribution in [1.29, 1.82) is 0 Å². The first-order valence-corrected chi connectivity index (χ1v) is 12.7. The van der Waals surface area contributed by atoms with E-state index in [9.17, 15) is 14.7 Å². The smallest absolute Gasteiger partial charge is 0.336 e. The number of phenolic OH excluding ortho intramolecular Hbond substituents is 1. The van der Waals surface area contributed by atoms with Crippen LogP contribution in [0.3, 0.4) is 0 Å². The van der Waals surface area contributed by atoms with Gasteiger partial charge in [-0.25, -0.2) is 4.79 Å². The molecule has 10 heteroatoms. The Bertz CT molecular complexity index is 1340. The molecule has 0 saturated heterocycles. The van der Waals surface area contributed by atoms with Gasteiger partial charge in [-0.1, -0.05) is 0 Å². The van der Waals surface area contributed by atoms with Gasteiger partial charge in [0, 0.05) is 29.3 Å². The van der Waals surface area contributed by atoms with Crippen molar-refractivity contribution >= 4 is 27.7 Å². The topological polar surface area (TPSA) is 113 Å². The van der Waals surface area contributed by atoms with E-state index >= 15 is 0 Å².